The Balaban J connectivity index is 0.919. The molecule has 24 heteroatoms. The summed E-state index contributed by atoms with van der Waals surface area (Å²) in [5.41, 5.74) is -12.2. The molecule has 65 heavy (non-hydrogen) atoms. The Morgan fingerprint density at radius 2 is 0.785 bits per heavy atom. The van der Waals surface area contributed by atoms with E-state index in [9.17, 15) is 71.9 Å². The van der Waals surface area contributed by atoms with Crippen molar-refractivity contribution in [2.45, 2.75) is 31.1 Å². The van der Waals surface area contributed by atoms with Crippen molar-refractivity contribution in [2.75, 3.05) is 53.4 Å². The van der Waals surface area contributed by atoms with Crippen LogP contribution in [0.5, 0.6) is 0 Å². The molecule has 4 aromatic carbocycles. The van der Waals surface area contributed by atoms with Crippen molar-refractivity contribution in [3.63, 3.8) is 0 Å². The van der Waals surface area contributed by atoms with Gasteiger partial charge in [0.1, 0.15) is 0 Å². The second-order valence-electron chi connectivity index (χ2n) is 15.4. The molecule has 4 amide bonds. The van der Waals surface area contributed by atoms with Gasteiger partial charge < -0.3 is 9.80 Å². The largest absolute Gasteiger partial charge is 0.435 e. The van der Waals surface area contributed by atoms with E-state index in [0.717, 1.165) is 21.9 Å². The van der Waals surface area contributed by atoms with Gasteiger partial charge in [0.25, 0.3) is 23.6 Å². The molecular formula is C41H28F12N8O4. The smallest absolute Gasteiger partial charge is 0.305 e. The van der Waals surface area contributed by atoms with Crippen molar-refractivity contribution in [3.05, 3.63) is 93.6 Å². The number of carbonyl (C=O) groups is 4. The molecule has 2 aromatic heterocycles. The number of alkyl halides is 12. The third-order valence-corrected chi connectivity index (χ3v) is 11.1. The van der Waals surface area contributed by atoms with Gasteiger partial charge in [-0.1, -0.05) is 24.3 Å². The Bertz CT molecular complexity index is 2820. The monoisotopic (exact) mass is 924 g/mol. The molecule has 0 atom stereocenters. The van der Waals surface area contributed by atoms with Gasteiger partial charge in [-0.15, -0.1) is 0 Å². The van der Waals surface area contributed by atoms with Crippen LogP contribution in [0, 0.1) is 0 Å². The zero-order valence-electron chi connectivity index (χ0n) is 33.3. The van der Waals surface area contributed by atoms with Crippen LogP contribution >= 0.6 is 0 Å². The van der Waals surface area contributed by atoms with Crippen molar-refractivity contribution in [1.82, 2.24) is 39.5 Å². The molecule has 0 spiro atoms. The second kappa shape index (κ2) is 15.6. The minimum atomic E-state index is -5.54. The summed E-state index contributed by atoms with van der Waals surface area (Å²) in [5.74, 6) is -3.40. The van der Waals surface area contributed by atoms with Gasteiger partial charge in [0.15, 0.2) is 22.8 Å². The van der Waals surface area contributed by atoms with Gasteiger partial charge in [0.2, 0.25) is 0 Å². The Morgan fingerprint density at radius 3 is 1.12 bits per heavy atom. The highest BCUT2D eigenvalue weighted by molar-refractivity contribution is 6.30. The highest BCUT2D eigenvalue weighted by Crippen LogP contribution is 2.43. The molecule has 12 nitrogen and oxygen atoms in total. The molecule has 0 bridgehead atoms. The number of carbonyl (C=O) groups excluding carboxylic acids is 4. The number of hydrogen-bond acceptors (Lipinski definition) is 10. The molecule has 340 valence electrons. The lowest BCUT2D eigenvalue weighted by Crippen LogP contribution is -2.45. The van der Waals surface area contributed by atoms with Crippen LogP contribution in [0.3, 0.4) is 0 Å². The summed E-state index contributed by atoms with van der Waals surface area (Å²) in [5, 5.41) is -0.496. The number of benzene rings is 4. The molecule has 0 radical (unpaired) electrons. The minimum absolute atomic E-state index is 0.0793. The molecule has 0 unspecified atom stereocenters. The fourth-order valence-electron chi connectivity index (χ4n) is 8.02. The summed E-state index contributed by atoms with van der Waals surface area (Å²) in [6.45, 7) is 0.566. The maximum Gasteiger partial charge on any atom is 0.435 e. The second-order valence-corrected chi connectivity index (χ2v) is 15.4. The number of fused-ring (bicyclic) bond motifs is 4. The predicted molar refractivity (Wildman–Crippen MR) is 204 cm³/mol. The third-order valence-electron chi connectivity index (χ3n) is 11.1. The van der Waals surface area contributed by atoms with Crippen LogP contribution in [0.1, 0.15) is 70.6 Å². The Labute approximate surface area is 356 Å². The first kappa shape index (κ1) is 45.0. The lowest BCUT2D eigenvalue weighted by molar-refractivity contribution is -0.167. The molecule has 6 aromatic rings. The molecule has 0 aliphatic carbocycles. The van der Waals surface area contributed by atoms with Crippen LogP contribution in [-0.2, 0) is 24.7 Å². The fraction of sp³-hybridized carbons (Fsp3) is 0.317. The maximum atomic E-state index is 13.7. The van der Waals surface area contributed by atoms with Crippen LogP contribution in [-0.4, -0.2) is 117 Å². The summed E-state index contributed by atoms with van der Waals surface area (Å²) in [6.07, 6.45) is -21.7. The van der Waals surface area contributed by atoms with Crippen molar-refractivity contribution in [2.24, 2.45) is 0 Å². The van der Waals surface area contributed by atoms with Gasteiger partial charge in [-0.05, 0) is 57.9 Å². The van der Waals surface area contributed by atoms with Gasteiger partial charge in [0.05, 0.1) is 33.2 Å². The van der Waals surface area contributed by atoms with Crippen LogP contribution < -0.4 is 0 Å². The zero-order chi connectivity index (χ0) is 47.3. The van der Waals surface area contributed by atoms with Gasteiger partial charge >= 0.3 is 24.7 Å². The van der Waals surface area contributed by atoms with Crippen LogP contribution in [0.2, 0.25) is 0 Å². The number of nitrogens with zero attached hydrogens (tertiary/aromatic N) is 8. The van der Waals surface area contributed by atoms with Crippen molar-refractivity contribution in [1.29, 1.82) is 0 Å². The van der Waals surface area contributed by atoms with Crippen LogP contribution in [0.25, 0.3) is 43.6 Å². The Hall–Kier alpha value is -6.56. The highest BCUT2D eigenvalue weighted by Gasteiger charge is 2.49. The van der Waals surface area contributed by atoms with Gasteiger partial charge in [0, 0.05) is 58.9 Å². The number of aromatic nitrogens is 4. The SMILES string of the molecule is CN(CCCN(C)CCN1C(=O)c2cccc3c2c(cc2nc(C(F)(F)F)c(C(F)(F)F)nc23)C1=O)CCN1C(=O)c2cccc3c2c(cc2nc(C(F)(F)F)c(C(F)(F)F)nc23)C1=O. The number of halogens is 12. The summed E-state index contributed by atoms with van der Waals surface area (Å²) >= 11 is 0. The van der Waals surface area contributed by atoms with Crippen LogP contribution in [0.15, 0.2) is 48.5 Å². The first-order valence-electron chi connectivity index (χ1n) is 19.2. The van der Waals surface area contributed by atoms with Crippen molar-refractivity contribution < 1.29 is 71.9 Å². The first-order chi connectivity index (χ1) is 30.3. The lowest BCUT2D eigenvalue weighted by atomic mass is 9.92. The highest BCUT2D eigenvalue weighted by atomic mass is 19.4. The minimum Gasteiger partial charge on any atom is -0.305 e. The summed E-state index contributed by atoms with van der Waals surface area (Å²) in [6, 6.07) is 9.46. The zero-order valence-corrected chi connectivity index (χ0v) is 33.3. The van der Waals surface area contributed by atoms with Gasteiger partial charge in [-0.2, -0.15) is 52.7 Å². The number of rotatable bonds is 10. The van der Waals surface area contributed by atoms with E-state index in [0.29, 0.717) is 19.5 Å². The lowest BCUT2D eigenvalue weighted by Gasteiger charge is -2.30. The van der Waals surface area contributed by atoms with E-state index in [-0.39, 0.29) is 70.0 Å². The van der Waals surface area contributed by atoms with E-state index in [1.165, 1.54) is 36.4 Å². The standard InChI is InChI=1S/C41H28F12N8O4/c1-58(12-14-60-34(62)20-8-3-6-18-26(20)22(36(60)64)16-24-28(18)56-32(40(48,49)50)30(54-24)38(42,43)44)10-5-11-59(2)13-15-61-35(63)21-9-4-7-19-27(21)23(37(61)65)17-25-29(19)57-33(41(51,52)53)31(55-25)39(45,46)47/h3-4,6-9,16-17H,5,10-15H2,1-2H3. The average Bonchev–Trinajstić information content (AvgIpc) is 3.22. The van der Waals surface area contributed by atoms with Gasteiger partial charge in [-0.3, -0.25) is 29.0 Å². The van der Waals surface area contributed by atoms with E-state index in [1.807, 2.05) is 0 Å². The Morgan fingerprint density at radius 1 is 0.462 bits per heavy atom. The summed E-state index contributed by atoms with van der Waals surface area (Å²) in [4.78, 5) is 72.9. The van der Waals surface area contributed by atoms with Crippen molar-refractivity contribution >= 4 is 67.2 Å². The topological polar surface area (TPSA) is 133 Å². The van der Waals surface area contributed by atoms with Crippen molar-refractivity contribution in [3.8, 4) is 0 Å². The van der Waals surface area contributed by atoms with E-state index in [4.69, 9.17) is 0 Å². The summed E-state index contributed by atoms with van der Waals surface area (Å²) < 4.78 is 164. The maximum absolute atomic E-state index is 13.7. The Kier molecular flexibility index (Phi) is 10.8. The molecule has 4 heterocycles. The molecular weight excluding hydrogens is 896 g/mol. The number of hydrogen-bond donors (Lipinski definition) is 0. The molecule has 8 rings (SSSR count). The van der Waals surface area contributed by atoms with Crippen LogP contribution in [0.4, 0.5) is 52.7 Å². The normalized spacial score (nSPS) is 15.1. The third kappa shape index (κ3) is 7.91. The number of amides is 4. The molecule has 2 aliphatic heterocycles. The molecule has 0 fully saturated rings. The first-order valence-corrected chi connectivity index (χ1v) is 19.2. The van der Waals surface area contributed by atoms with E-state index >= 15 is 0 Å². The summed E-state index contributed by atoms with van der Waals surface area (Å²) in [7, 11) is 3.35. The number of likely N-dealkylation sites (N-methyl/N-ethyl adjacent to an activating group) is 2. The van der Waals surface area contributed by atoms with Gasteiger partial charge in [-0.25, -0.2) is 19.9 Å². The molecule has 2 aliphatic rings. The average molecular weight is 925 g/mol. The quantitative estimate of drug-likeness (QED) is 0.0755. The van der Waals surface area contributed by atoms with E-state index in [1.54, 1.807) is 23.9 Å². The number of imide groups is 2. The molecule has 0 saturated carbocycles. The predicted octanol–water partition coefficient (Wildman–Crippen LogP) is 8.10. The molecule has 0 N–H and O–H groups in total. The van der Waals surface area contributed by atoms with E-state index in [2.05, 4.69) is 19.9 Å². The molecule has 0 saturated heterocycles. The fourth-order valence-corrected chi connectivity index (χ4v) is 8.02. The van der Waals surface area contributed by atoms with E-state index < -0.39 is 93.2 Å².